The number of rotatable bonds is 1. The van der Waals surface area contributed by atoms with Crippen LogP contribution in [-0.4, -0.2) is 24.0 Å². The van der Waals surface area contributed by atoms with E-state index in [9.17, 15) is 0 Å². The van der Waals surface area contributed by atoms with Gasteiger partial charge in [-0.1, -0.05) is 0 Å². The summed E-state index contributed by atoms with van der Waals surface area (Å²) >= 11 is 0. The Labute approximate surface area is 127 Å². The van der Waals surface area contributed by atoms with Crippen LogP contribution in [0.1, 0.15) is 20.3 Å². The molecule has 1 aliphatic heterocycles. The van der Waals surface area contributed by atoms with Crippen LogP contribution in [0.15, 0.2) is 0 Å². The van der Waals surface area contributed by atoms with Crippen LogP contribution in [0.3, 0.4) is 0 Å². The number of likely N-dealkylation sites (tertiary alicyclic amines) is 1. The van der Waals surface area contributed by atoms with Crippen LogP contribution < -0.4 is 0 Å². The van der Waals surface area contributed by atoms with Gasteiger partial charge in [0.05, 0.1) is 0 Å². The van der Waals surface area contributed by atoms with Crippen LogP contribution in [0.5, 0.6) is 0 Å². The second-order valence-electron chi connectivity index (χ2n) is 2.48. The average Bonchev–Trinajstić information content (AvgIpc) is 1.23. The fourth-order valence-electron chi connectivity index (χ4n) is 0.857. The molecule has 1 nitrogen and oxygen atoms in total. The quantitative estimate of drug-likeness (QED) is 0.577. The third-order valence-corrected chi connectivity index (χ3v) is 1.62. The van der Waals surface area contributed by atoms with Gasteiger partial charge in [0, 0.05) is 38.8 Å². The molecule has 1 saturated heterocycles. The van der Waals surface area contributed by atoms with Crippen molar-refractivity contribution in [2.45, 2.75) is 26.3 Å². The Balaban J connectivity index is -0.0000000204. The molecule has 0 saturated carbocycles. The molecule has 0 aliphatic carbocycles. The Kier molecular flexibility index (Phi) is 54.2. The van der Waals surface area contributed by atoms with Crippen molar-refractivity contribution in [1.29, 1.82) is 0 Å². The van der Waals surface area contributed by atoms with E-state index >= 15 is 0 Å². The Morgan fingerprint density at radius 1 is 0.923 bits per heavy atom. The molecule has 0 bridgehead atoms. The van der Waals surface area contributed by atoms with Crippen molar-refractivity contribution in [2.75, 3.05) is 13.1 Å². The van der Waals surface area contributed by atoms with Crippen molar-refractivity contribution >= 4 is 0 Å². The van der Waals surface area contributed by atoms with Gasteiger partial charge < -0.3 is 34.6 Å². The summed E-state index contributed by atoms with van der Waals surface area (Å²) < 4.78 is 0. The van der Waals surface area contributed by atoms with Crippen molar-refractivity contribution in [1.82, 2.24) is 4.90 Å². The van der Waals surface area contributed by atoms with Gasteiger partial charge in [0.15, 0.2) is 0 Å². The summed E-state index contributed by atoms with van der Waals surface area (Å²) in [7, 11) is 0. The predicted octanol–water partition coefficient (Wildman–Crippen LogP) is 2.90. The Morgan fingerprint density at radius 3 is 1.23 bits per heavy atom. The smallest absolute Gasteiger partial charge is 0.358 e. The van der Waals surface area contributed by atoms with Gasteiger partial charge in [0.2, 0.25) is 0 Å². The van der Waals surface area contributed by atoms with Gasteiger partial charge in [0.25, 0.3) is 0 Å². The van der Waals surface area contributed by atoms with Crippen LogP contribution in [-0.2, 0) is 53.8 Å². The van der Waals surface area contributed by atoms with Crippen molar-refractivity contribution < 1.29 is 53.8 Å². The monoisotopic (exact) mass is 432 g/mol. The zero-order chi connectivity index (χ0) is 5.28. The fraction of sp³-hybridized carbons (Fsp3) is 0.600. The van der Waals surface area contributed by atoms with Crippen LogP contribution in [0.25, 0.3) is 0 Å². The largest absolute Gasteiger partial charge is 2.00 e. The number of nitrogens with zero attached hydrogens (tertiary/aromatic N) is 1. The van der Waals surface area contributed by atoms with E-state index in [-0.39, 0.29) is 83.5 Å². The molecule has 0 aromatic heterocycles. The van der Waals surface area contributed by atoms with Gasteiger partial charge in [-0.15, -0.1) is 0 Å². The minimum Gasteiger partial charge on any atom is -0.358 e. The van der Waals surface area contributed by atoms with Crippen molar-refractivity contribution in [3.8, 4) is 0 Å². The third kappa shape index (κ3) is 13.8. The SMILES string of the molecule is CC(C)N1CCC1.[CH3-].[CH3-].[CH3-].[CH3-].[W+2].[Y]. The van der Waals surface area contributed by atoms with E-state index in [1.807, 2.05) is 0 Å². The third-order valence-electron chi connectivity index (χ3n) is 1.62. The normalized spacial score (nSPS) is 12.2. The summed E-state index contributed by atoms with van der Waals surface area (Å²) in [6, 6.07) is 0.786. The Morgan fingerprint density at radius 2 is 1.23 bits per heavy atom. The van der Waals surface area contributed by atoms with Gasteiger partial charge in [-0.05, 0) is 33.4 Å². The first-order valence-electron chi connectivity index (χ1n) is 3.05. The molecule has 0 aromatic rings. The Hall–Kier alpha value is 1.75. The minimum atomic E-state index is 0. The van der Waals surface area contributed by atoms with Crippen LogP contribution in [0.2, 0.25) is 0 Å². The van der Waals surface area contributed by atoms with Gasteiger partial charge in [-0.25, -0.2) is 0 Å². The van der Waals surface area contributed by atoms with E-state index in [4.69, 9.17) is 0 Å². The molecule has 0 aromatic carbocycles. The predicted molar refractivity (Wildman–Crippen MR) is 57.0 cm³/mol. The first-order chi connectivity index (χ1) is 3.30. The second-order valence-corrected chi connectivity index (χ2v) is 2.48. The molecule has 0 spiro atoms. The molecule has 0 unspecified atom stereocenters. The topological polar surface area (TPSA) is 3.24 Å². The maximum atomic E-state index is 2.47. The van der Waals surface area contributed by atoms with Crippen LogP contribution in [0.4, 0.5) is 0 Å². The van der Waals surface area contributed by atoms with Gasteiger partial charge >= 0.3 is 21.1 Å². The van der Waals surface area contributed by atoms with Crippen LogP contribution >= 0.6 is 0 Å². The molecule has 1 heterocycles. The van der Waals surface area contributed by atoms with E-state index in [1.165, 1.54) is 19.5 Å². The minimum absolute atomic E-state index is 0. The van der Waals surface area contributed by atoms with E-state index in [0.29, 0.717) is 0 Å². The molecule has 81 valence electrons. The van der Waals surface area contributed by atoms with E-state index in [0.717, 1.165) is 6.04 Å². The van der Waals surface area contributed by atoms with Gasteiger partial charge in [0.1, 0.15) is 0 Å². The maximum Gasteiger partial charge on any atom is 2.00 e. The molecule has 0 atom stereocenters. The fourth-order valence-corrected chi connectivity index (χ4v) is 0.857. The molecular weight excluding hydrogens is 407 g/mol. The van der Waals surface area contributed by atoms with Crippen molar-refractivity contribution in [3.63, 3.8) is 0 Å². The Bertz CT molecular complexity index is 65.9. The second kappa shape index (κ2) is 19.3. The molecule has 0 N–H and O–H groups in total. The first-order valence-corrected chi connectivity index (χ1v) is 3.05. The maximum absolute atomic E-state index is 2.47. The molecule has 13 heavy (non-hydrogen) atoms. The summed E-state index contributed by atoms with van der Waals surface area (Å²) in [5.74, 6) is 0. The standard InChI is InChI=1S/C6H13N.4CH3.W.Y/c1-6(2)7-4-3-5-7;;;;;;/h6H,3-5H2,1-2H3;4*1H3;;/q;4*-1;+2;. The van der Waals surface area contributed by atoms with Crippen molar-refractivity contribution in [2.24, 2.45) is 0 Å². The average molecular weight is 432 g/mol. The van der Waals surface area contributed by atoms with E-state index in [1.54, 1.807) is 0 Å². The molecule has 3 heteroatoms. The first kappa shape index (κ1) is 36.4. The van der Waals surface area contributed by atoms with E-state index in [2.05, 4.69) is 18.7 Å². The van der Waals surface area contributed by atoms with E-state index < -0.39 is 0 Å². The molecule has 1 rings (SSSR count). The number of hydrogen-bond donors (Lipinski definition) is 0. The molecule has 1 fully saturated rings. The summed E-state index contributed by atoms with van der Waals surface area (Å²) in [6.45, 7) is 7.16. The summed E-state index contributed by atoms with van der Waals surface area (Å²) in [5.41, 5.74) is 0. The summed E-state index contributed by atoms with van der Waals surface area (Å²) in [4.78, 5) is 2.47. The zero-order valence-electron chi connectivity index (χ0n) is 10.1. The molecule has 1 aliphatic rings. The van der Waals surface area contributed by atoms with Crippen LogP contribution in [0, 0.1) is 29.7 Å². The van der Waals surface area contributed by atoms with Crippen molar-refractivity contribution in [3.05, 3.63) is 29.7 Å². The molecular formula is C10H25NWY-2. The molecule has 0 amide bonds. The summed E-state index contributed by atoms with van der Waals surface area (Å²) in [6.07, 6.45) is 1.41. The summed E-state index contributed by atoms with van der Waals surface area (Å²) in [5, 5.41) is 0. The number of hydrogen-bond acceptors (Lipinski definition) is 1. The van der Waals surface area contributed by atoms with Gasteiger partial charge in [-0.3, -0.25) is 0 Å². The van der Waals surface area contributed by atoms with Gasteiger partial charge in [-0.2, -0.15) is 0 Å². The molecule has 1 radical (unpaired) electrons. The zero-order valence-corrected chi connectivity index (χ0v) is 15.9.